The van der Waals surface area contributed by atoms with Gasteiger partial charge in [0.25, 0.3) is 0 Å². The molecule has 86 valence electrons. The quantitative estimate of drug-likeness (QED) is 0.877. The first-order chi connectivity index (χ1) is 7.77. The summed E-state index contributed by atoms with van der Waals surface area (Å²) in [6.07, 6.45) is 0. The summed E-state index contributed by atoms with van der Waals surface area (Å²) in [5.74, 6) is 0.881. The Kier molecular flexibility index (Phi) is 3.85. The monoisotopic (exact) mass is 237 g/mol. The first-order valence-electron chi connectivity index (χ1n) is 5.36. The molecule has 1 saturated heterocycles. The van der Waals surface area contributed by atoms with E-state index in [2.05, 4.69) is 5.32 Å². The van der Waals surface area contributed by atoms with Gasteiger partial charge in [-0.05, 0) is 12.1 Å². The van der Waals surface area contributed by atoms with Gasteiger partial charge in [-0.3, -0.25) is 4.79 Å². The second kappa shape index (κ2) is 5.37. The van der Waals surface area contributed by atoms with Crippen LogP contribution in [0.15, 0.2) is 30.3 Å². The predicted octanol–water partition coefficient (Wildman–Crippen LogP) is 2.35. The van der Waals surface area contributed by atoms with Crippen molar-refractivity contribution in [3.63, 3.8) is 0 Å². The number of hydrogen-bond donors (Lipinski definition) is 1. The Morgan fingerprint density at radius 2 is 2.25 bits per heavy atom. The van der Waals surface area contributed by atoms with Gasteiger partial charge in [-0.15, -0.1) is 11.8 Å². The Morgan fingerprint density at radius 1 is 1.50 bits per heavy atom. The average molecular weight is 237 g/mol. The van der Waals surface area contributed by atoms with Gasteiger partial charge in [-0.1, -0.05) is 25.1 Å². The number of ether oxygens (including phenoxy) is 1. The van der Waals surface area contributed by atoms with Crippen LogP contribution in [0.25, 0.3) is 0 Å². The number of rotatable bonds is 3. The first-order valence-corrected chi connectivity index (χ1v) is 6.41. The van der Waals surface area contributed by atoms with Gasteiger partial charge in [0.1, 0.15) is 5.44 Å². The lowest BCUT2D eigenvalue weighted by Gasteiger charge is -2.17. The van der Waals surface area contributed by atoms with Gasteiger partial charge in [0.05, 0.1) is 12.5 Å². The Hall–Kier alpha value is -1.00. The highest BCUT2D eigenvalue weighted by Crippen LogP contribution is 2.27. The molecule has 1 aliphatic heterocycles. The fraction of sp³-hybridized carbons (Fsp3) is 0.417. The Balaban J connectivity index is 1.92. The van der Waals surface area contributed by atoms with Gasteiger partial charge in [0.2, 0.25) is 5.91 Å². The molecule has 1 fully saturated rings. The summed E-state index contributed by atoms with van der Waals surface area (Å²) in [4.78, 5) is 11.9. The highest BCUT2D eigenvalue weighted by atomic mass is 32.2. The second-order valence-electron chi connectivity index (χ2n) is 3.75. The summed E-state index contributed by atoms with van der Waals surface area (Å²) < 4.78 is 5.48. The van der Waals surface area contributed by atoms with Crippen molar-refractivity contribution in [3.05, 3.63) is 30.3 Å². The second-order valence-corrected chi connectivity index (χ2v) is 4.96. The number of benzene rings is 1. The highest BCUT2D eigenvalue weighted by Gasteiger charge is 2.28. The molecule has 4 heteroatoms. The molecule has 0 radical (unpaired) electrons. The van der Waals surface area contributed by atoms with Gasteiger partial charge < -0.3 is 10.1 Å². The van der Waals surface area contributed by atoms with Crippen LogP contribution in [-0.4, -0.2) is 23.7 Å². The predicted molar refractivity (Wildman–Crippen MR) is 66.4 cm³/mol. The average Bonchev–Trinajstić information content (AvgIpc) is 2.83. The topological polar surface area (TPSA) is 38.3 Å². The van der Waals surface area contributed by atoms with E-state index in [4.69, 9.17) is 4.74 Å². The van der Waals surface area contributed by atoms with E-state index in [9.17, 15) is 4.79 Å². The fourth-order valence-electron chi connectivity index (χ4n) is 1.57. The third-order valence-corrected chi connectivity index (χ3v) is 3.79. The summed E-state index contributed by atoms with van der Waals surface area (Å²) in [6, 6.07) is 9.50. The zero-order valence-electron chi connectivity index (χ0n) is 9.18. The van der Waals surface area contributed by atoms with Crippen LogP contribution >= 0.6 is 11.8 Å². The number of carbonyl (C=O) groups is 1. The Labute approximate surface area is 99.6 Å². The van der Waals surface area contributed by atoms with Crippen LogP contribution in [-0.2, 0) is 9.53 Å². The first kappa shape index (κ1) is 11.5. The van der Waals surface area contributed by atoms with Gasteiger partial charge >= 0.3 is 0 Å². The number of hydrogen-bond acceptors (Lipinski definition) is 3. The van der Waals surface area contributed by atoms with E-state index in [1.165, 1.54) is 0 Å². The molecule has 0 saturated carbocycles. The molecule has 0 spiro atoms. The molecule has 1 amide bonds. The van der Waals surface area contributed by atoms with Crippen molar-refractivity contribution >= 4 is 23.4 Å². The lowest BCUT2D eigenvalue weighted by atomic mass is 10.1. The van der Waals surface area contributed by atoms with Crippen molar-refractivity contribution in [1.82, 2.24) is 0 Å². The lowest BCUT2D eigenvalue weighted by Crippen LogP contribution is -2.28. The molecule has 3 nitrogen and oxygen atoms in total. The molecular formula is C12H15NO2S. The minimum Gasteiger partial charge on any atom is -0.366 e. The number of anilines is 1. The number of nitrogens with one attached hydrogen (secondary N) is 1. The van der Waals surface area contributed by atoms with Gasteiger partial charge in [-0.2, -0.15) is 0 Å². The number of para-hydroxylation sites is 1. The number of thioether (sulfide) groups is 1. The van der Waals surface area contributed by atoms with Crippen molar-refractivity contribution in [2.75, 3.05) is 17.7 Å². The summed E-state index contributed by atoms with van der Waals surface area (Å²) in [6.45, 7) is 2.65. The van der Waals surface area contributed by atoms with Crippen LogP contribution in [0.1, 0.15) is 6.92 Å². The zero-order valence-corrected chi connectivity index (χ0v) is 10.00. The van der Waals surface area contributed by atoms with Crippen molar-refractivity contribution in [2.45, 2.75) is 12.4 Å². The minimum atomic E-state index is -0.118. The fourth-order valence-corrected chi connectivity index (χ4v) is 2.60. The smallest absolute Gasteiger partial charge is 0.230 e. The van der Waals surface area contributed by atoms with Gasteiger partial charge in [0.15, 0.2) is 0 Å². The van der Waals surface area contributed by atoms with E-state index < -0.39 is 0 Å². The van der Waals surface area contributed by atoms with E-state index in [-0.39, 0.29) is 17.3 Å². The molecule has 1 heterocycles. The maximum absolute atomic E-state index is 11.9. The van der Waals surface area contributed by atoms with Crippen molar-refractivity contribution in [3.8, 4) is 0 Å². The third-order valence-electron chi connectivity index (χ3n) is 2.51. The molecule has 0 aliphatic carbocycles. The Bertz CT molecular complexity index is 349. The molecule has 1 N–H and O–H groups in total. The van der Waals surface area contributed by atoms with E-state index >= 15 is 0 Å². The zero-order chi connectivity index (χ0) is 11.4. The Morgan fingerprint density at radius 3 is 2.88 bits per heavy atom. The third kappa shape index (κ3) is 2.77. The van der Waals surface area contributed by atoms with Crippen LogP contribution in [0.4, 0.5) is 5.69 Å². The summed E-state index contributed by atoms with van der Waals surface area (Å²) in [7, 11) is 0. The van der Waals surface area contributed by atoms with Crippen LogP contribution in [0.3, 0.4) is 0 Å². The molecule has 2 unspecified atom stereocenters. The molecule has 2 rings (SSSR count). The molecule has 1 aromatic carbocycles. The summed E-state index contributed by atoms with van der Waals surface area (Å²) >= 11 is 1.71. The van der Waals surface area contributed by atoms with Crippen molar-refractivity contribution in [2.24, 2.45) is 5.92 Å². The van der Waals surface area contributed by atoms with Crippen LogP contribution in [0, 0.1) is 5.92 Å². The largest absolute Gasteiger partial charge is 0.366 e. The molecule has 0 aromatic heterocycles. The molecule has 16 heavy (non-hydrogen) atoms. The SMILES string of the molecule is CC(C(=O)Nc1ccccc1)C1OCCS1. The van der Waals surface area contributed by atoms with Crippen LogP contribution in [0.5, 0.6) is 0 Å². The van der Waals surface area contributed by atoms with Crippen LogP contribution < -0.4 is 5.32 Å². The molecule has 0 bridgehead atoms. The number of amides is 1. The molecule has 1 aromatic rings. The van der Waals surface area contributed by atoms with E-state index in [1.54, 1.807) is 11.8 Å². The highest BCUT2D eigenvalue weighted by molar-refractivity contribution is 8.00. The summed E-state index contributed by atoms with van der Waals surface area (Å²) in [5, 5.41) is 2.89. The summed E-state index contributed by atoms with van der Waals surface area (Å²) in [5.41, 5.74) is 0.839. The van der Waals surface area contributed by atoms with Crippen molar-refractivity contribution in [1.29, 1.82) is 0 Å². The maximum atomic E-state index is 11.9. The molecule has 1 aliphatic rings. The molecule has 2 atom stereocenters. The van der Waals surface area contributed by atoms with E-state index in [0.29, 0.717) is 0 Å². The van der Waals surface area contributed by atoms with E-state index in [1.807, 2.05) is 37.3 Å². The standard InChI is InChI=1S/C12H15NO2S/c1-9(12-15-7-8-16-12)11(14)13-10-5-3-2-4-6-10/h2-6,9,12H,7-8H2,1H3,(H,13,14). The van der Waals surface area contributed by atoms with Crippen LogP contribution in [0.2, 0.25) is 0 Å². The lowest BCUT2D eigenvalue weighted by molar-refractivity contribution is -0.121. The number of carbonyl (C=O) groups excluding carboxylic acids is 1. The molecular weight excluding hydrogens is 222 g/mol. The maximum Gasteiger partial charge on any atom is 0.230 e. The van der Waals surface area contributed by atoms with Crippen molar-refractivity contribution < 1.29 is 9.53 Å². The van der Waals surface area contributed by atoms with Gasteiger partial charge in [0, 0.05) is 11.4 Å². The minimum absolute atomic E-state index is 0.00344. The van der Waals surface area contributed by atoms with Gasteiger partial charge in [-0.25, -0.2) is 0 Å². The van der Waals surface area contributed by atoms with E-state index in [0.717, 1.165) is 18.0 Å². The normalized spacial score (nSPS) is 21.7.